The molecule has 1 aliphatic heterocycles. The topological polar surface area (TPSA) is 86.2 Å². The van der Waals surface area contributed by atoms with Crippen molar-refractivity contribution in [3.63, 3.8) is 0 Å². The third kappa shape index (κ3) is 4.70. The molecule has 0 saturated heterocycles. The van der Waals surface area contributed by atoms with Crippen LogP contribution in [0.25, 0.3) is 0 Å². The van der Waals surface area contributed by atoms with Gasteiger partial charge in [-0.15, -0.1) is 0 Å². The summed E-state index contributed by atoms with van der Waals surface area (Å²) < 4.78 is 16.0. The van der Waals surface area contributed by atoms with Gasteiger partial charge in [0.25, 0.3) is 0 Å². The quantitative estimate of drug-likeness (QED) is 0.712. The fourth-order valence-corrected chi connectivity index (χ4v) is 2.62. The first-order chi connectivity index (χ1) is 12.0. The Kier molecular flexibility index (Phi) is 6.78. The Morgan fingerprint density at radius 3 is 2.80 bits per heavy atom. The second-order valence-electron chi connectivity index (χ2n) is 5.62. The molecule has 0 aromatic heterocycles. The summed E-state index contributed by atoms with van der Waals surface area (Å²) in [5.74, 6) is 0.411. The zero-order chi connectivity index (χ0) is 18.4. The summed E-state index contributed by atoms with van der Waals surface area (Å²) in [6.45, 7) is 3.58. The molecule has 136 valence electrons. The van der Waals surface area contributed by atoms with E-state index in [1.807, 2.05) is 6.92 Å². The molecule has 1 heterocycles. The van der Waals surface area contributed by atoms with E-state index in [9.17, 15) is 9.59 Å². The van der Waals surface area contributed by atoms with Crippen LogP contribution in [0.4, 0.5) is 0 Å². The predicted molar refractivity (Wildman–Crippen MR) is 93.2 cm³/mol. The van der Waals surface area contributed by atoms with Crippen LogP contribution in [0.3, 0.4) is 0 Å². The number of nitrogens with zero attached hydrogens (tertiary/aromatic N) is 1. The van der Waals surface area contributed by atoms with Gasteiger partial charge in [-0.05, 0) is 12.1 Å². The van der Waals surface area contributed by atoms with E-state index in [0.29, 0.717) is 35.6 Å². The third-order valence-corrected chi connectivity index (χ3v) is 4.06. The highest BCUT2D eigenvalue weighted by Gasteiger charge is 2.26. The van der Waals surface area contributed by atoms with Crippen LogP contribution >= 0.6 is 11.6 Å². The van der Waals surface area contributed by atoms with Gasteiger partial charge < -0.3 is 14.2 Å². The van der Waals surface area contributed by atoms with Crippen molar-refractivity contribution >= 4 is 29.0 Å². The van der Waals surface area contributed by atoms with E-state index in [-0.39, 0.29) is 36.0 Å². The second-order valence-corrected chi connectivity index (χ2v) is 6.00. The van der Waals surface area contributed by atoms with Crippen molar-refractivity contribution in [2.45, 2.75) is 26.7 Å². The molecule has 1 aromatic rings. The van der Waals surface area contributed by atoms with E-state index in [0.717, 1.165) is 0 Å². The van der Waals surface area contributed by atoms with Gasteiger partial charge in [0.05, 0.1) is 5.71 Å². The minimum atomic E-state index is -0.139. The van der Waals surface area contributed by atoms with E-state index in [4.69, 9.17) is 25.8 Å². The Bertz CT molecular complexity index is 690. The van der Waals surface area contributed by atoms with E-state index in [2.05, 4.69) is 10.5 Å². The molecule has 0 bridgehead atoms. The number of halogens is 1. The number of nitrogens with one attached hydrogen (secondary N) is 1. The van der Waals surface area contributed by atoms with Crippen molar-refractivity contribution in [2.75, 3.05) is 20.5 Å². The van der Waals surface area contributed by atoms with Gasteiger partial charge in [-0.2, -0.15) is 5.10 Å². The lowest BCUT2D eigenvalue weighted by Crippen LogP contribution is -2.32. The molecule has 1 aromatic carbocycles. The van der Waals surface area contributed by atoms with Crippen molar-refractivity contribution in [3.05, 3.63) is 22.7 Å². The Morgan fingerprint density at radius 2 is 2.16 bits per heavy atom. The highest BCUT2D eigenvalue weighted by atomic mass is 35.5. The number of amides is 1. The van der Waals surface area contributed by atoms with Crippen LogP contribution in [-0.2, 0) is 14.3 Å². The summed E-state index contributed by atoms with van der Waals surface area (Å²) in [5, 5.41) is 4.36. The number of rotatable bonds is 8. The van der Waals surface area contributed by atoms with Gasteiger partial charge in [0, 0.05) is 31.4 Å². The lowest BCUT2D eigenvalue weighted by Gasteiger charge is -2.22. The van der Waals surface area contributed by atoms with Gasteiger partial charge in [-0.1, -0.05) is 25.4 Å². The lowest BCUT2D eigenvalue weighted by molar-refractivity contribution is -0.122. The van der Waals surface area contributed by atoms with Crippen LogP contribution in [-0.4, -0.2) is 37.9 Å². The molecular formula is C17H21ClN2O5. The number of methoxy groups -OCH3 is 1. The van der Waals surface area contributed by atoms with Crippen LogP contribution in [0.5, 0.6) is 11.5 Å². The summed E-state index contributed by atoms with van der Waals surface area (Å²) in [4.78, 5) is 22.9. The Morgan fingerprint density at radius 1 is 1.40 bits per heavy atom. The molecule has 25 heavy (non-hydrogen) atoms. The number of carbonyl (C=O) groups is 2. The third-order valence-electron chi connectivity index (χ3n) is 3.70. The molecule has 1 atom stereocenters. The predicted octanol–water partition coefficient (Wildman–Crippen LogP) is 2.54. The zero-order valence-corrected chi connectivity index (χ0v) is 15.2. The SMILES string of the molecule is CCC(=O)COc1ccc(C2=NNC(=O)CC2C)c(OCOC)c1Cl. The largest absolute Gasteiger partial charge is 0.484 e. The first-order valence-corrected chi connectivity index (χ1v) is 8.31. The van der Waals surface area contributed by atoms with E-state index >= 15 is 0 Å². The molecule has 1 aliphatic rings. The number of benzene rings is 1. The Hall–Kier alpha value is -2.12. The van der Waals surface area contributed by atoms with Crippen LogP contribution in [0.15, 0.2) is 17.2 Å². The molecule has 1 N–H and O–H groups in total. The van der Waals surface area contributed by atoms with Gasteiger partial charge in [-0.3, -0.25) is 9.59 Å². The first-order valence-electron chi connectivity index (χ1n) is 7.93. The number of ether oxygens (including phenoxy) is 3. The van der Waals surface area contributed by atoms with Gasteiger partial charge >= 0.3 is 0 Å². The van der Waals surface area contributed by atoms with E-state index < -0.39 is 0 Å². The smallest absolute Gasteiger partial charge is 0.240 e. The number of hydrogen-bond acceptors (Lipinski definition) is 6. The average molecular weight is 369 g/mol. The Labute approximate surface area is 151 Å². The van der Waals surface area contributed by atoms with Gasteiger partial charge in [0.1, 0.15) is 17.4 Å². The number of Topliss-reactive ketones (excluding diaryl/α,β-unsaturated/α-hetero) is 1. The average Bonchev–Trinajstić information content (AvgIpc) is 2.59. The minimum absolute atomic E-state index is 0.0158. The van der Waals surface area contributed by atoms with Crippen molar-refractivity contribution in [1.29, 1.82) is 0 Å². The summed E-state index contributed by atoms with van der Waals surface area (Å²) in [6, 6.07) is 3.40. The number of hydrazone groups is 1. The van der Waals surface area contributed by atoms with Crippen molar-refractivity contribution in [3.8, 4) is 11.5 Å². The molecular weight excluding hydrogens is 348 g/mol. The summed E-state index contributed by atoms with van der Waals surface area (Å²) in [5.41, 5.74) is 3.77. The van der Waals surface area contributed by atoms with E-state index in [1.54, 1.807) is 19.1 Å². The van der Waals surface area contributed by atoms with Gasteiger partial charge in [0.15, 0.2) is 18.3 Å². The highest BCUT2D eigenvalue weighted by Crippen LogP contribution is 2.39. The summed E-state index contributed by atoms with van der Waals surface area (Å²) in [7, 11) is 1.49. The monoisotopic (exact) mass is 368 g/mol. The van der Waals surface area contributed by atoms with Crippen LogP contribution in [0, 0.1) is 5.92 Å². The van der Waals surface area contributed by atoms with Gasteiger partial charge in [-0.25, -0.2) is 5.43 Å². The molecule has 0 aliphatic carbocycles. The molecule has 8 heteroatoms. The normalized spacial score (nSPS) is 16.9. The van der Waals surface area contributed by atoms with Crippen LogP contribution in [0.2, 0.25) is 5.02 Å². The van der Waals surface area contributed by atoms with Crippen LogP contribution in [0.1, 0.15) is 32.3 Å². The maximum Gasteiger partial charge on any atom is 0.240 e. The maximum absolute atomic E-state index is 11.5. The molecule has 0 radical (unpaired) electrons. The fraction of sp³-hybridized carbons (Fsp3) is 0.471. The van der Waals surface area contributed by atoms with E-state index in [1.165, 1.54) is 7.11 Å². The molecule has 7 nitrogen and oxygen atoms in total. The lowest BCUT2D eigenvalue weighted by atomic mass is 9.93. The highest BCUT2D eigenvalue weighted by molar-refractivity contribution is 6.34. The minimum Gasteiger partial charge on any atom is -0.484 e. The first kappa shape index (κ1) is 19.2. The molecule has 1 amide bonds. The standard InChI is InChI=1S/C17H21ClN2O5/c1-4-11(21)8-24-13-6-5-12(17(15(13)18)25-9-23-3)16-10(2)7-14(22)19-20-16/h5-6,10H,4,7-9H2,1-3H3,(H,19,22). The van der Waals surface area contributed by atoms with Crippen molar-refractivity contribution in [1.82, 2.24) is 5.43 Å². The number of ketones is 1. The summed E-state index contributed by atoms with van der Waals surface area (Å²) >= 11 is 6.41. The van der Waals surface area contributed by atoms with Crippen molar-refractivity contribution in [2.24, 2.45) is 11.0 Å². The number of hydrogen-bond donors (Lipinski definition) is 1. The van der Waals surface area contributed by atoms with Crippen LogP contribution < -0.4 is 14.9 Å². The molecule has 2 rings (SSSR count). The number of carbonyl (C=O) groups excluding carboxylic acids is 2. The molecule has 0 spiro atoms. The maximum atomic E-state index is 11.5. The fourth-order valence-electron chi connectivity index (χ4n) is 2.35. The summed E-state index contributed by atoms with van der Waals surface area (Å²) in [6.07, 6.45) is 0.709. The Balaban J connectivity index is 2.37. The van der Waals surface area contributed by atoms with Crippen molar-refractivity contribution < 1.29 is 23.8 Å². The molecule has 1 unspecified atom stereocenters. The van der Waals surface area contributed by atoms with Gasteiger partial charge in [0.2, 0.25) is 5.91 Å². The molecule has 0 fully saturated rings. The zero-order valence-electron chi connectivity index (χ0n) is 14.4. The second kappa shape index (κ2) is 8.82. The molecule has 0 saturated carbocycles.